The first-order chi connectivity index (χ1) is 17.9. The topological polar surface area (TPSA) is 107 Å². The zero-order valence-corrected chi connectivity index (χ0v) is 21.3. The highest BCUT2D eigenvalue weighted by Crippen LogP contribution is 2.38. The molecule has 2 aliphatic rings. The summed E-state index contributed by atoms with van der Waals surface area (Å²) < 4.78 is 7.71. The molecule has 0 saturated carbocycles. The third-order valence-electron chi connectivity index (χ3n) is 6.98. The number of carbonyl (C=O) groups is 1. The minimum absolute atomic E-state index is 0.0491. The van der Waals surface area contributed by atoms with Crippen LogP contribution >= 0.6 is 0 Å². The minimum Gasteiger partial charge on any atom is -0.370 e. The molecule has 3 aromatic rings. The molecule has 37 heavy (non-hydrogen) atoms. The molecule has 3 heterocycles. The van der Waals surface area contributed by atoms with Gasteiger partial charge in [0.2, 0.25) is 0 Å². The highest BCUT2D eigenvalue weighted by Gasteiger charge is 2.30. The molecule has 1 aliphatic heterocycles. The minimum atomic E-state index is -0.283. The quantitative estimate of drug-likeness (QED) is 0.466. The van der Waals surface area contributed by atoms with Gasteiger partial charge in [-0.25, -0.2) is 4.98 Å². The van der Waals surface area contributed by atoms with E-state index in [0.29, 0.717) is 43.0 Å². The van der Waals surface area contributed by atoms with Crippen LogP contribution in [-0.4, -0.2) is 26.9 Å². The van der Waals surface area contributed by atoms with Gasteiger partial charge >= 0.3 is 0 Å². The molecule has 8 heteroatoms. The number of rotatable bonds is 7. The van der Waals surface area contributed by atoms with Crippen LogP contribution < -0.4 is 4.90 Å². The Morgan fingerprint density at radius 2 is 2.00 bits per heavy atom. The molecule has 1 atom stereocenters. The number of hydrogen-bond acceptors (Lipinski definition) is 7. The first-order valence-electron chi connectivity index (χ1n) is 12.5. The molecule has 0 saturated heterocycles. The van der Waals surface area contributed by atoms with Crippen molar-refractivity contribution in [1.29, 1.82) is 10.5 Å². The van der Waals surface area contributed by atoms with E-state index >= 15 is 0 Å². The van der Waals surface area contributed by atoms with Gasteiger partial charge in [0.05, 0.1) is 53.4 Å². The number of benzene rings is 1. The van der Waals surface area contributed by atoms with Crippen molar-refractivity contribution in [2.24, 2.45) is 5.92 Å². The van der Waals surface area contributed by atoms with Crippen LogP contribution in [0.1, 0.15) is 60.3 Å². The zero-order valence-electron chi connectivity index (χ0n) is 21.3. The molecule has 0 fully saturated rings. The van der Waals surface area contributed by atoms with Gasteiger partial charge in [-0.1, -0.05) is 31.2 Å². The van der Waals surface area contributed by atoms with Gasteiger partial charge in [0, 0.05) is 30.1 Å². The summed E-state index contributed by atoms with van der Waals surface area (Å²) in [6, 6.07) is 12.1. The fourth-order valence-electron chi connectivity index (χ4n) is 5.14. The fraction of sp³-hybridized carbons (Fsp3) is 0.345. The molecule has 8 nitrogen and oxygen atoms in total. The van der Waals surface area contributed by atoms with Crippen molar-refractivity contribution in [1.82, 2.24) is 14.6 Å². The SMILES string of the molecule is CCCN(Cc1ccc(C#N)cc1)c1c2c(nc3c(C4=CCC(C(C)=O)C=C4C#N)c(C)nn13)COC2. The van der Waals surface area contributed by atoms with Crippen molar-refractivity contribution < 1.29 is 9.53 Å². The predicted octanol–water partition coefficient (Wildman–Crippen LogP) is 4.80. The molecule has 1 aromatic carbocycles. The summed E-state index contributed by atoms with van der Waals surface area (Å²) in [6.07, 6.45) is 5.22. The molecule has 186 valence electrons. The number of aryl methyl sites for hydroxylation is 1. The van der Waals surface area contributed by atoms with E-state index in [1.807, 2.05) is 41.8 Å². The summed E-state index contributed by atoms with van der Waals surface area (Å²) in [4.78, 5) is 19.2. The number of allylic oxidation sites excluding steroid dienone is 4. The second-order valence-corrected chi connectivity index (χ2v) is 9.54. The van der Waals surface area contributed by atoms with E-state index < -0.39 is 0 Å². The van der Waals surface area contributed by atoms with Crippen LogP contribution in [0.4, 0.5) is 5.82 Å². The van der Waals surface area contributed by atoms with Crippen LogP contribution in [0.15, 0.2) is 42.0 Å². The number of anilines is 1. The summed E-state index contributed by atoms with van der Waals surface area (Å²) in [5.41, 5.74) is 7.17. The van der Waals surface area contributed by atoms with E-state index in [0.717, 1.165) is 52.4 Å². The van der Waals surface area contributed by atoms with Gasteiger partial charge < -0.3 is 9.64 Å². The average molecular weight is 493 g/mol. The first kappa shape index (κ1) is 24.4. The number of carbonyl (C=O) groups excluding carboxylic acids is 1. The first-order valence-corrected chi connectivity index (χ1v) is 12.5. The summed E-state index contributed by atoms with van der Waals surface area (Å²) in [6.45, 7) is 7.96. The van der Waals surface area contributed by atoms with E-state index in [4.69, 9.17) is 14.8 Å². The Morgan fingerprint density at radius 3 is 2.68 bits per heavy atom. The molecule has 1 aliphatic carbocycles. The molecule has 0 N–H and O–H groups in total. The monoisotopic (exact) mass is 492 g/mol. The Hall–Kier alpha value is -4.27. The van der Waals surface area contributed by atoms with Gasteiger partial charge in [-0.2, -0.15) is 20.1 Å². The van der Waals surface area contributed by atoms with Crippen LogP contribution in [0, 0.1) is 35.5 Å². The molecule has 0 amide bonds. The maximum atomic E-state index is 12.0. The Labute approximate surface area is 216 Å². The molecular weight excluding hydrogens is 464 g/mol. The van der Waals surface area contributed by atoms with E-state index in [1.165, 1.54) is 0 Å². The highest BCUT2D eigenvalue weighted by molar-refractivity contribution is 5.93. The van der Waals surface area contributed by atoms with Gasteiger partial charge in [-0.05, 0) is 44.4 Å². The molecule has 0 bridgehead atoms. The summed E-state index contributed by atoms with van der Waals surface area (Å²) in [5.74, 6) is 0.709. The summed E-state index contributed by atoms with van der Waals surface area (Å²) >= 11 is 0. The number of ether oxygens (including phenoxy) is 1. The van der Waals surface area contributed by atoms with E-state index in [9.17, 15) is 15.3 Å². The maximum Gasteiger partial charge on any atom is 0.165 e. The van der Waals surface area contributed by atoms with Crippen molar-refractivity contribution in [3.8, 4) is 12.1 Å². The largest absolute Gasteiger partial charge is 0.370 e. The standard InChI is InChI=1S/C29H28N6O2/c1-4-11-34(15-21-7-5-20(13-30)6-8-21)29-25-16-37-17-26(25)32-28-27(18(2)33-35(28)29)24-10-9-22(19(3)36)12-23(24)14-31/h5-8,10,12,22H,4,9,11,15-17H2,1-3H3. The van der Waals surface area contributed by atoms with Crippen LogP contribution in [-0.2, 0) is 29.3 Å². The molecule has 2 aromatic heterocycles. The molecule has 0 radical (unpaired) electrons. The van der Waals surface area contributed by atoms with Crippen molar-refractivity contribution >= 4 is 22.8 Å². The normalized spacial score (nSPS) is 16.5. The third-order valence-corrected chi connectivity index (χ3v) is 6.98. The van der Waals surface area contributed by atoms with Crippen LogP contribution in [0.5, 0.6) is 0 Å². The lowest BCUT2D eigenvalue weighted by atomic mass is 9.86. The second-order valence-electron chi connectivity index (χ2n) is 9.54. The Kier molecular flexibility index (Phi) is 6.60. The van der Waals surface area contributed by atoms with E-state index in [2.05, 4.69) is 24.0 Å². The molecular formula is C29H28N6O2. The second kappa shape index (κ2) is 10.0. The number of nitriles is 2. The Balaban J connectivity index is 1.66. The highest BCUT2D eigenvalue weighted by atomic mass is 16.5. The van der Waals surface area contributed by atoms with E-state index in [-0.39, 0.29) is 11.7 Å². The van der Waals surface area contributed by atoms with Crippen molar-refractivity contribution in [3.05, 3.63) is 75.6 Å². The van der Waals surface area contributed by atoms with E-state index in [1.54, 1.807) is 13.0 Å². The summed E-state index contributed by atoms with van der Waals surface area (Å²) in [5, 5.41) is 24.0. The lowest BCUT2D eigenvalue weighted by molar-refractivity contribution is -0.119. The van der Waals surface area contributed by atoms with Gasteiger partial charge in [-0.15, -0.1) is 0 Å². The Bertz CT molecular complexity index is 1530. The zero-order chi connectivity index (χ0) is 26.1. The maximum absolute atomic E-state index is 12.0. The lowest BCUT2D eigenvalue weighted by Gasteiger charge is -2.27. The predicted molar refractivity (Wildman–Crippen MR) is 139 cm³/mol. The average Bonchev–Trinajstić information content (AvgIpc) is 3.50. The molecule has 0 spiro atoms. The number of aromatic nitrogens is 3. The number of ketones is 1. The lowest BCUT2D eigenvalue weighted by Crippen LogP contribution is -2.27. The van der Waals surface area contributed by atoms with Crippen LogP contribution in [0.2, 0.25) is 0 Å². The Morgan fingerprint density at radius 1 is 1.22 bits per heavy atom. The number of fused-ring (bicyclic) bond motifs is 2. The third kappa shape index (κ3) is 4.41. The smallest absolute Gasteiger partial charge is 0.165 e. The summed E-state index contributed by atoms with van der Waals surface area (Å²) in [7, 11) is 0. The van der Waals surface area contributed by atoms with Gasteiger partial charge in [0.15, 0.2) is 5.65 Å². The van der Waals surface area contributed by atoms with Gasteiger partial charge in [0.1, 0.15) is 11.6 Å². The number of nitrogens with zero attached hydrogens (tertiary/aromatic N) is 6. The molecule has 1 unspecified atom stereocenters. The van der Waals surface area contributed by atoms with Crippen molar-refractivity contribution in [2.45, 2.75) is 53.4 Å². The van der Waals surface area contributed by atoms with Crippen LogP contribution in [0.25, 0.3) is 11.2 Å². The van der Waals surface area contributed by atoms with Crippen LogP contribution in [0.3, 0.4) is 0 Å². The van der Waals surface area contributed by atoms with Gasteiger partial charge in [-0.3, -0.25) is 4.79 Å². The van der Waals surface area contributed by atoms with Crippen molar-refractivity contribution in [2.75, 3.05) is 11.4 Å². The fourth-order valence-corrected chi connectivity index (χ4v) is 5.14. The number of hydrogen-bond donors (Lipinski definition) is 0. The van der Waals surface area contributed by atoms with Crippen molar-refractivity contribution in [3.63, 3.8) is 0 Å². The number of Topliss-reactive ketones (excluding diaryl/α,β-unsaturated/α-hetero) is 1. The van der Waals surface area contributed by atoms with Gasteiger partial charge in [0.25, 0.3) is 0 Å². The molecule has 5 rings (SSSR count).